The van der Waals surface area contributed by atoms with E-state index in [2.05, 4.69) is 5.32 Å². The second-order valence-corrected chi connectivity index (χ2v) is 6.47. The number of halogens is 1. The Balaban J connectivity index is 1.51. The third kappa shape index (κ3) is 3.33. The summed E-state index contributed by atoms with van der Waals surface area (Å²) in [7, 11) is 0. The molecule has 26 heavy (non-hydrogen) atoms. The van der Waals surface area contributed by atoms with Crippen LogP contribution < -0.4 is 5.32 Å². The molecule has 0 radical (unpaired) electrons. The van der Waals surface area contributed by atoms with Gasteiger partial charge < -0.3 is 14.8 Å². The van der Waals surface area contributed by atoms with E-state index in [0.717, 1.165) is 29.8 Å². The predicted molar refractivity (Wildman–Crippen MR) is 99.9 cm³/mol. The number of amides is 2. The lowest BCUT2D eigenvalue weighted by atomic mass is 10.0. The van der Waals surface area contributed by atoms with Gasteiger partial charge in [0.05, 0.1) is 6.04 Å². The number of carbonyl (C=O) groups excluding carboxylic acids is 1. The molecular weight excluding hydrogens is 329 g/mol. The zero-order chi connectivity index (χ0) is 17.9. The van der Waals surface area contributed by atoms with Crippen LogP contribution in [-0.2, 0) is 0 Å². The smallest absolute Gasteiger partial charge is 0.322 e. The SMILES string of the molecule is O=C(Nc1cccc(-n2cccc2)c1)N1CCCC1c1ccc(F)cc1. The van der Waals surface area contributed by atoms with Crippen molar-refractivity contribution in [3.8, 4) is 5.69 Å². The van der Waals surface area contributed by atoms with Gasteiger partial charge in [-0.25, -0.2) is 9.18 Å². The lowest BCUT2D eigenvalue weighted by Crippen LogP contribution is -2.34. The summed E-state index contributed by atoms with van der Waals surface area (Å²) in [6.07, 6.45) is 5.76. The van der Waals surface area contributed by atoms with Crippen LogP contribution in [0.25, 0.3) is 5.69 Å². The molecule has 3 aromatic rings. The van der Waals surface area contributed by atoms with Gasteiger partial charge in [-0.15, -0.1) is 0 Å². The van der Waals surface area contributed by atoms with Gasteiger partial charge in [0.2, 0.25) is 0 Å². The first-order valence-electron chi connectivity index (χ1n) is 8.77. The minimum atomic E-state index is -0.260. The van der Waals surface area contributed by atoms with Gasteiger partial charge in [-0.2, -0.15) is 0 Å². The van der Waals surface area contributed by atoms with Crippen molar-refractivity contribution in [1.29, 1.82) is 0 Å². The number of carbonyl (C=O) groups is 1. The van der Waals surface area contributed by atoms with Crippen molar-refractivity contribution < 1.29 is 9.18 Å². The first-order chi connectivity index (χ1) is 12.7. The molecule has 1 aliphatic rings. The average Bonchev–Trinajstić information content (AvgIpc) is 3.35. The van der Waals surface area contributed by atoms with E-state index in [9.17, 15) is 9.18 Å². The predicted octanol–water partition coefficient (Wildman–Crippen LogP) is 4.99. The fourth-order valence-corrected chi connectivity index (χ4v) is 3.49. The molecule has 0 aliphatic carbocycles. The Kier molecular flexibility index (Phi) is 4.44. The van der Waals surface area contributed by atoms with E-state index in [1.54, 1.807) is 12.1 Å². The first-order valence-corrected chi connectivity index (χ1v) is 8.77. The van der Waals surface area contributed by atoms with E-state index in [-0.39, 0.29) is 17.9 Å². The molecule has 0 bridgehead atoms. The van der Waals surface area contributed by atoms with Crippen molar-refractivity contribution in [2.45, 2.75) is 18.9 Å². The summed E-state index contributed by atoms with van der Waals surface area (Å²) in [5.74, 6) is -0.260. The molecule has 1 aromatic heterocycles. The highest BCUT2D eigenvalue weighted by atomic mass is 19.1. The van der Waals surface area contributed by atoms with Crippen LogP contribution in [-0.4, -0.2) is 22.0 Å². The highest BCUT2D eigenvalue weighted by Crippen LogP contribution is 2.32. The Morgan fingerprint density at radius 1 is 1.04 bits per heavy atom. The number of likely N-dealkylation sites (tertiary alicyclic amines) is 1. The second-order valence-electron chi connectivity index (χ2n) is 6.47. The van der Waals surface area contributed by atoms with Crippen molar-refractivity contribution in [3.63, 3.8) is 0 Å². The zero-order valence-electron chi connectivity index (χ0n) is 14.3. The van der Waals surface area contributed by atoms with Crippen molar-refractivity contribution in [2.75, 3.05) is 11.9 Å². The molecule has 1 fully saturated rings. The van der Waals surface area contributed by atoms with Crippen LogP contribution in [0.3, 0.4) is 0 Å². The van der Waals surface area contributed by atoms with Crippen molar-refractivity contribution >= 4 is 11.7 Å². The van der Waals surface area contributed by atoms with Crippen molar-refractivity contribution in [2.24, 2.45) is 0 Å². The van der Waals surface area contributed by atoms with Gasteiger partial charge in [-0.05, 0) is 60.9 Å². The van der Waals surface area contributed by atoms with E-state index in [1.807, 2.05) is 58.3 Å². The Morgan fingerprint density at radius 2 is 1.81 bits per heavy atom. The van der Waals surface area contributed by atoms with Gasteiger partial charge >= 0.3 is 6.03 Å². The van der Waals surface area contributed by atoms with E-state index in [1.165, 1.54) is 12.1 Å². The summed E-state index contributed by atoms with van der Waals surface area (Å²) < 4.78 is 15.2. The quantitative estimate of drug-likeness (QED) is 0.711. The topological polar surface area (TPSA) is 37.3 Å². The highest BCUT2D eigenvalue weighted by molar-refractivity contribution is 5.90. The molecule has 4 rings (SSSR count). The highest BCUT2D eigenvalue weighted by Gasteiger charge is 2.30. The summed E-state index contributed by atoms with van der Waals surface area (Å²) in [4.78, 5) is 14.6. The number of benzene rings is 2. The molecule has 5 heteroatoms. The van der Waals surface area contributed by atoms with Gasteiger partial charge in [0.1, 0.15) is 5.82 Å². The normalized spacial score (nSPS) is 16.7. The summed E-state index contributed by atoms with van der Waals surface area (Å²) in [5.41, 5.74) is 2.72. The van der Waals surface area contributed by atoms with E-state index >= 15 is 0 Å². The van der Waals surface area contributed by atoms with E-state index in [4.69, 9.17) is 0 Å². The molecule has 1 atom stereocenters. The van der Waals surface area contributed by atoms with Crippen LogP contribution in [0, 0.1) is 5.82 Å². The van der Waals surface area contributed by atoms with Crippen LogP contribution in [0.1, 0.15) is 24.4 Å². The van der Waals surface area contributed by atoms with Crippen LogP contribution >= 0.6 is 0 Å². The number of nitrogens with one attached hydrogen (secondary N) is 1. The maximum Gasteiger partial charge on any atom is 0.322 e. The van der Waals surface area contributed by atoms with Crippen LogP contribution in [0.2, 0.25) is 0 Å². The fourth-order valence-electron chi connectivity index (χ4n) is 3.49. The minimum absolute atomic E-state index is 0.0109. The van der Waals surface area contributed by atoms with Crippen LogP contribution in [0.4, 0.5) is 14.9 Å². The molecule has 1 N–H and O–H groups in total. The summed E-state index contributed by atoms with van der Waals surface area (Å²) in [6, 6.07) is 18.0. The van der Waals surface area contributed by atoms with E-state index in [0.29, 0.717) is 6.54 Å². The molecule has 0 saturated carbocycles. The number of hydrogen-bond donors (Lipinski definition) is 1. The van der Waals surface area contributed by atoms with Gasteiger partial charge in [-0.3, -0.25) is 0 Å². The number of anilines is 1. The number of rotatable bonds is 3. The average molecular weight is 349 g/mol. The Labute approximate surface area is 151 Å². The largest absolute Gasteiger partial charge is 0.324 e. The van der Waals surface area contributed by atoms with Gasteiger partial charge in [0.25, 0.3) is 0 Å². The lowest BCUT2D eigenvalue weighted by Gasteiger charge is -2.25. The molecule has 2 heterocycles. The van der Waals surface area contributed by atoms with Gasteiger partial charge in [0, 0.05) is 30.3 Å². The maximum absolute atomic E-state index is 13.2. The number of urea groups is 1. The third-order valence-corrected chi connectivity index (χ3v) is 4.77. The molecular formula is C21H20FN3O. The molecule has 132 valence electrons. The lowest BCUT2D eigenvalue weighted by molar-refractivity contribution is 0.207. The molecule has 2 aromatic carbocycles. The molecule has 1 unspecified atom stereocenters. The van der Waals surface area contributed by atoms with Crippen LogP contribution in [0.5, 0.6) is 0 Å². The number of nitrogens with zero attached hydrogens (tertiary/aromatic N) is 2. The molecule has 0 spiro atoms. The van der Waals surface area contributed by atoms with Crippen LogP contribution in [0.15, 0.2) is 73.1 Å². The maximum atomic E-state index is 13.2. The molecule has 2 amide bonds. The summed E-state index contributed by atoms with van der Waals surface area (Å²) in [6.45, 7) is 0.700. The standard InChI is InChI=1S/C21H20FN3O/c22-17-10-8-16(9-11-17)20-7-4-14-25(20)21(26)23-18-5-3-6-19(15-18)24-12-1-2-13-24/h1-3,5-6,8-13,15,20H,4,7,14H2,(H,23,26). The van der Waals surface area contributed by atoms with Crippen molar-refractivity contribution in [1.82, 2.24) is 9.47 Å². The number of hydrogen-bond acceptors (Lipinski definition) is 1. The molecule has 1 aliphatic heterocycles. The Hall–Kier alpha value is -3.08. The molecule has 1 saturated heterocycles. The van der Waals surface area contributed by atoms with Gasteiger partial charge in [-0.1, -0.05) is 18.2 Å². The monoisotopic (exact) mass is 349 g/mol. The minimum Gasteiger partial charge on any atom is -0.324 e. The summed E-state index contributed by atoms with van der Waals surface area (Å²) in [5, 5.41) is 3.00. The summed E-state index contributed by atoms with van der Waals surface area (Å²) >= 11 is 0. The second kappa shape index (κ2) is 7.04. The zero-order valence-corrected chi connectivity index (χ0v) is 14.3. The third-order valence-electron chi connectivity index (χ3n) is 4.77. The Morgan fingerprint density at radius 3 is 2.58 bits per heavy atom. The molecule has 4 nitrogen and oxygen atoms in total. The Bertz CT molecular complexity index is 890. The number of aromatic nitrogens is 1. The van der Waals surface area contributed by atoms with E-state index < -0.39 is 0 Å². The first kappa shape index (κ1) is 16.4. The van der Waals surface area contributed by atoms with Crippen molar-refractivity contribution in [3.05, 3.63) is 84.4 Å². The van der Waals surface area contributed by atoms with Gasteiger partial charge in [0.15, 0.2) is 0 Å². The fraction of sp³-hybridized carbons (Fsp3) is 0.190.